The number of nitrogens with zero attached hydrogens (tertiary/aromatic N) is 4. The van der Waals surface area contributed by atoms with Crippen LogP contribution in [-0.2, 0) is 33.7 Å². The zero-order valence-corrected chi connectivity index (χ0v) is 22.0. The molecule has 2 aromatic carbocycles. The molecule has 1 aliphatic heterocycles. The van der Waals surface area contributed by atoms with Gasteiger partial charge in [-0.3, -0.25) is 14.5 Å². The molecular weight excluding hydrogens is 498 g/mol. The van der Waals surface area contributed by atoms with E-state index >= 15 is 0 Å². The highest BCUT2D eigenvalue weighted by atomic mass is 35.5. The van der Waals surface area contributed by atoms with Gasteiger partial charge in [0, 0.05) is 50.3 Å². The van der Waals surface area contributed by atoms with E-state index in [2.05, 4.69) is 20.4 Å². The molecule has 1 saturated heterocycles. The van der Waals surface area contributed by atoms with Crippen molar-refractivity contribution in [2.75, 3.05) is 44.1 Å². The maximum Gasteiger partial charge on any atom is 0.231 e. The van der Waals surface area contributed by atoms with Gasteiger partial charge in [-0.15, -0.1) is 10.2 Å². The van der Waals surface area contributed by atoms with Crippen molar-refractivity contribution in [2.45, 2.75) is 25.8 Å². The molecular formula is C26H30ClN5O3S. The molecule has 1 fully saturated rings. The Morgan fingerprint density at radius 1 is 1.14 bits per heavy atom. The fourth-order valence-electron chi connectivity index (χ4n) is 4.07. The Morgan fingerprint density at radius 2 is 1.86 bits per heavy atom. The molecule has 0 bridgehead atoms. The summed E-state index contributed by atoms with van der Waals surface area (Å²) in [6, 6.07) is 15.6. The van der Waals surface area contributed by atoms with Gasteiger partial charge in [-0.25, -0.2) is 0 Å². The molecule has 2 amide bonds. The third-order valence-electron chi connectivity index (χ3n) is 6.11. The number of carbonyl (C=O) groups is 2. The van der Waals surface area contributed by atoms with E-state index in [1.54, 1.807) is 12.0 Å². The number of likely N-dealkylation sites (N-methyl/N-ethyl adjacent to an activating group) is 1. The average Bonchev–Trinajstić information content (AvgIpc) is 3.49. The lowest BCUT2D eigenvalue weighted by atomic mass is 10.1. The smallest absolute Gasteiger partial charge is 0.231 e. The zero-order chi connectivity index (χ0) is 25.5. The Balaban J connectivity index is 1.28. The predicted octanol–water partition coefficient (Wildman–Crippen LogP) is 4.05. The number of methoxy groups -OCH3 is 1. The van der Waals surface area contributed by atoms with E-state index in [9.17, 15) is 9.59 Å². The predicted molar refractivity (Wildman–Crippen MR) is 143 cm³/mol. The lowest BCUT2D eigenvalue weighted by Crippen LogP contribution is -2.28. The van der Waals surface area contributed by atoms with Crippen LogP contribution >= 0.6 is 22.9 Å². The van der Waals surface area contributed by atoms with E-state index in [0.29, 0.717) is 23.3 Å². The fraction of sp³-hybridized carbons (Fsp3) is 0.385. The Morgan fingerprint density at radius 3 is 2.58 bits per heavy atom. The monoisotopic (exact) mass is 527 g/mol. The molecule has 1 aliphatic rings. The number of anilines is 2. The van der Waals surface area contributed by atoms with E-state index in [4.69, 9.17) is 16.3 Å². The van der Waals surface area contributed by atoms with E-state index in [0.717, 1.165) is 47.8 Å². The number of rotatable bonds is 11. The van der Waals surface area contributed by atoms with Gasteiger partial charge in [-0.05, 0) is 48.9 Å². The Hall–Kier alpha value is -2.85. The van der Waals surface area contributed by atoms with Gasteiger partial charge < -0.3 is 15.0 Å². The highest BCUT2D eigenvalue weighted by Crippen LogP contribution is 2.27. The van der Waals surface area contributed by atoms with Crippen molar-refractivity contribution >= 4 is 45.6 Å². The maximum atomic E-state index is 12.8. The molecule has 1 atom stereocenters. The van der Waals surface area contributed by atoms with Crippen LogP contribution in [0.1, 0.15) is 22.6 Å². The van der Waals surface area contributed by atoms with Crippen molar-refractivity contribution in [3.05, 3.63) is 69.7 Å². The van der Waals surface area contributed by atoms with Gasteiger partial charge in [0.2, 0.25) is 16.9 Å². The standard InChI is InChI=1S/C26H30ClN5O3S/c1-31(13-14-35-2)16-19-5-10-22(11-6-19)32-17-20(15-24(32)33)25(34)28-26-30-29-23(36-26)12-7-18-3-8-21(27)9-4-18/h3-6,8-11,20H,7,12-17H2,1-2H3,(H,28,30,34)/t20-/m0/s1. The fourth-order valence-corrected chi connectivity index (χ4v) is 4.94. The molecule has 1 N–H and O–H groups in total. The van der Waals surface area contributed by atoms with E-state index in [1.165, 1.54) is 11.3 Å². The van der Waals surface area contributed by atoms with Gasteiger partial charge in [0.05, 0.1) is 12.5 Å². The molecule has 190 valence electrons. The molecule has 36 heavy (non-hydrogen) atoms. The third kappa shape index (κ3) is 7.10. The molecule has 2 heterocycles. The van der Waals surface area contributed by atoms with Crippen LogP contribution in [0.3, 0.4) is 0 Å². The summed E-state index contributed by atoms with van der Waals surface area (Å²) in [6.45, 7) is 2.67. The number of aryl methyl sites for hydroxylation is 2. The van der Waals surface area contributed by atoms with Gasteiger partial charge in [0.25, 0.3) is 0 Å². The molecule has 3 aromatic rings. The van der Waals surface area contributed by atoms with Crippen molar-refractivity contribution in [3.8, 4) is 0 Å². The average molecular weight is 528 g/mol. The lowest BCUT2D eigenvalue weighted by molar-refractivity contribution is -0.122. The van der Waals surface area contributed by atoms with Crippen LogP contribution in [0.15, 0.2) is 48.5 Å². The minimum Gasteiger partial charge on any atom is -0.383 e. The summed E-state index contributed by atoms with van der Waals surface area (Å²) in [7, 11) is 3.74. The molecule has 0 radical (unpaired) electrons. The van der Waals surface area contributed by atoms with Crippen LogP contribution in [-0.4, -0.2) is 60.8 Å². The van der Waals surface area contributed by atoms with Crippen molar-refractivity contribution in [3.63, 3.8) is 0 Å². The van der Waals surface area contributed by atoms with Crippen LogP contribution in [0.5, 0.6) is 0 Å². The van der Waals surface area contributed by atoms with Crippen LogP contribution in [0.25, 0.3) is 0 Å². The molecule has 0 unspecified atom stereocenters. The summed E-state index contributed by atoms with van der Waals surface area (Å²) in [5, 5.41) is 13.2. The number of aromatic nitrogens is 2. The van der Waals surface area contributed by atoms with Gasteiger partial charge in [0.15, 0.2) is 0 Å². The second-order valence-electron chi connectivity index (χ2n) is 8.92. The van der Waals surface area contributed by atoms with Crippen LogP contribution in [0, 0.1) is 5.92 Å². The first-order valence-corrected chi connectivity index (χ1v) is 13.0. The highest BCUT2D eigenvalue weighted by Gasteiger charge is 2.35. The number of amides is 2. The summed E-state index contributed by atoms with van der Waals surface area (Å²) in [6.07, 6.45) is 1.71. The molecule has 0 saturated carbocycles. The van der Waals surface area contributed by atoms with Crippen molar-refractivity contribution < 1.29 is 14.3 Å². The molecule has 0 aliphatic carbocycles. The van der Waals surface area contributed by atoms with Gasteiger partial charge in [0.1, 0.15) is 5.01 Å². The van der Waals surface area contributed by atoms with Crippen molar-refractivity contribution in [1.29, 1.82) is 0 Å². The first-order valence-electron chi connectivity index (χ1n) is 11.9. The SMILES string of the molecule is COCCN(C)Cc1ccc(N2C[C@@H](C(=O)Nc3nnc(CCc4ccc(Cl)cc4)s3)CC2=O)cc1. The normalized spacial score (nSPS) is 15.6. The van der Waals surface area contributed by atoms with Crippen LogP contribution in [0.2, 0.25) is 5.02 Å². The topological polar surface area (TPSA) is 87.7 Å². The summed E-state index contributed by atoms with van der Waals surface area (Å²) in [4.78, 5) is 29.4. The number of benzene rings is 2. The van der Waals surface area contributed by atoms with Crippen LogP contribution in [0.4, 0.5) is 10.8 Å². The van der Waals surface area contributed by atoms with Gasteiger partial charge in [-0.1, -0.05) is 47.2 Å². The summed E-state index contributed by atoms with van der Waals surface area (Å²) >= 11 is 7.30. The lowest BCUT2D eigenvalue weighted by Gasteiger charge is -2.19. The van der Waals surface area contributed by atoms with E-state index < -0.39 is 5.92 Å². The second-order valence-corrected chi connectivity index (χ2v) is 10.4. The summed E-state index contributed by atoms with van der Waals surface area (Å²) in [5.41, 5.74) is 3.12. The Labute approximate surface area is 220 Å². The number of hydrogen-bond donors (Lipinski definition) is 1. The molecule has 4 rings (SSSR count). The van der Waals surface area contributed by atoms with Gasteiger partial charge >= 0.3 is 0 Å². The molecule has 10 heteroatoms. The van der Waals surface area contributed by atoms with Crippen molar-refractivity contribution in [1.82, 2.24) is 15.1 Å². The van der Waals surface area contributed by atoms with Gasteiger partial charge in [-0.2, -0.15) is 0 Å². The van der Waals surface area contributed by atoms with E-state index in [-0.39, 0.29) is 18.2 Å². The Bertz CT molecular complexity index is 1170. The van der Waals surface area contributed by atoms with Crippen molar-refractivity contribution in [2.24, 2.45) is 5.92 Å². The van der Waals surface area contributed by atoms with E-state index in [1.807, 2.05) is 55.6 Å². The number of hydrogen-bond acceptors (Lipinski definition) is 7. The second kappa shape index (κ2) is 12.4. The third-order valence-corrected chi connectivity index (χ3v) is 7.26. The Kier molecular flexibility index (Phi) is 9.03. The maximum absolute atomic E-state index is 12.8. The molecule has 0 spiro atoms. The number of carbonyl (C=O) groups excluding carboxylic acids is 2. The zero-order valence-electron chi connectivity index (χ0n) is 20.4. The van der Waals surface area contributed by atoms with Crippen LogP contribution < -0.4 is 10.2 Å². The minimum absolute atomic E-state index is 0.0546. The number of nitrogens with one attached hydrogen (secondary N) is 1. The number of halogens is 1. The molecule has 8 nitrogen and oxygen atoms in total. The first-order chi connectivity index (χ1) is 17.4. The largest absolute Gasteiger partial charge is 0.383 e. The summed E-state index contributed by atoms with van der Waals surface area (Å²) in [5.74, 6) is -0.692. The highest BCUT2D eigenvalue weighted by molar-refractivity contribution is 7.15. The molecule has 1 aromatic heterocycles. The number of ether oxygens (including phenoxy) is 1. The first kappa shape index (κ1) is 26.2. The summed E-state index contributed by atoms with van der Waals surface area (Å²) < 4.78 is 5.12. The minimum atomic E-state index is -0.432. The quantitative estimate of drug-likeness (QED) is 0.405.